The molecular formula is C14H19N3O. The summed E-state index contributed by atoms with van der Waals surface area (Å²) in [5.74, 6) is 0. The molecule has 0 bridgehead atoms. The Morgan fingerprint density at radius 1 is 1.17 bits per heavy atom. The lowest BCUT2D eigenvalue weighted by atomic mass is 9.90. The molecule has 1 N–H and O–H groups in total. The van der Waals surface area contributed by atoms with Gasteiger partial charge in [-0.1, -0.05) is 43.7 Å². The number of aliphatic hydroxyl groups excluding tert-OH is 1. The van der Waals surface area contributed by atoms with Gasteiger partial charge in [-0.3, -0.25) is 0 Å². The minimum Gasteiger partial charge on any atom is -0.390 e. The molecule has 2 rings (SSSR count). The lowest BCUT2D eigenvalue weighted by Crippen LogP contribution is -2.19. The van der Waals surface area contributed by atoms with Crippen LogP contribution >= 0.6 is 0 Å². The number of hydrogen-bond donors (Lipinski definition) is 1. The number of aromatic nitrogens is 3. The van der Waals surface area contributed by atoms with Gasteiger partial charge in [-0.15, -0.1) is 5.10 Å². The highest BCUT2D eigenvalue weighted by Crippen LogP contribution is 2.27. The first kappa shape index (κ1) is 12.8. The predicted octanol–water partition coefficient (Wildman–Crippen LogP) is 2.37. The van der Waals surface area contributed by atoms with Crippen LogP contribution in [0.25, 0.3) is 5.69 Å². The van der Waals surface area contributed by atoms with Crippen LogP contribution < -0.4 is 0 Å². The van der Waals surface area contributed by atoms with Gasteiger partial charge in [0.15, 0.2) is 0 Å². The van der Waals surface area contributed by atoms with Gasteiger partial charge in [0.2, 0.25) is 0 Å². The summed E-state index contributed by atoms with van der Waals surface area (Å²) in [6, 6.07) is 8.12. The molecule has 18 heavy (non-hydrogen) atoms. The highest BCUT2D eigenvalue weighted by atomic mass is 16.3. The van der Waals surface area contributed by atoms with Crippen molar-refractivity contribution >= 4 is 0 Å². The fourth-order valence-corrected chi connectivity index (χ4v) is 2.04. The van der Waals surface area contributed by atoms with Crippen LogP contribution in [0.5, 0.6) is 0 Å². The fourth-order valence-electron chi connectivity index (χ4n) is 2.04. The molecule has 0 unspecified atom stereocenters. The third-order valence-corrected chi connectivity index (χ3v) is 2.88. The van der Waals surface area contributed by atoms with Crippen LogP contribution in [0.3, 0.4) is 0 Å². The average Bonchev–Trinajstić information content (AvgIpc) is 2.73. The number of aliphatic hydroxyl groups is 1. The smallest absolute Gasteiger partial charge is 0.112 e. The maximum absolute atomic E-state index is 9.37. The summed E-state index contributed by atoms with van der Waals surface area (Å²) in [6.07, 6.45) is 0. The van der Waals surface area contributed by atoms with Gasteiger partial charge in [-0.2, -0.15) is 0 Å². The molecule has 96 valence electrons. The molecule has 2 aromatic rings. The Labute approximate surface area is 107 Å². The fraction of sp³-hybridized carbons (Fsp3) is 0.429. The number of aryl methyl sites for hydroxylation is 1. The van der Waals surface area contributed by atoms with E-state index in [-0.39, 0.29) is 12.0 Å². The van der Waals surface area contributed by atoms with Crippen molar-refractivity contribution in [2.24, 2.45) is 0 Å². The summed E-state index contributed by atoms with van der Waals surface area (Å²) in [5, 5.41) is 17.6. The molecule has 0 saturated carbocycles. The molecule has 0 saturated heterocycles. The van der Waals surface area contributed by atoms with E-state index in [2.05, 4.69) is 38.0 Å². The number of rotatable bonds is 2. The summed E-state index contributed by atoms with van der Waals surface area (Å²) in [6.45, 7) is 8.24. The summed E-state index contributed by atoms with van der Waals surface area (Å²) in [4.78, 5) is 0. The van der Waals surface area contributed by atoms with Crippen molar-refractivity contribution in [2.75, 3.05) is 0 Å². The Hall–Kier alpha value is -1.68. The van der Waals surface area contributed by atoms with E-state index in [0.717, 1.165) is 11.4 Å². The highest BCUT2D eigenvalue weighted by Gasteiger charge is 2.25. The third-order valence-electron chi connectivity index (χ3n) is 2.88. The Bertz CT molecular complexity index is 535. The van der Waals surface area contributed by atoms with Crippen molar-refractivity contribution < 1.29 is 5.11 Å². The minimum absolute atomic E-state index is 0.0849. The zero-order valence-corrected chi connectivity index (χ0v) is 11.3. The van der Waals surface area contributed by atoms with Crippen LogP contribution in [0.15, 0.2) is 24.3 Å². The topological polar surface area (TPSA) is 50.9 Å². The van der Waals surface area contributed by atoms with E-state index in [1.807, 2.05) is 28.9 Å². The van der Waals surface area contributed by atoms with E-state index < -0.39 is 0 Å². The van der Waals surface area contributed by atoms with Crippen molar-refractivity contribution in [1.29, 1.82) is 0 Å². The van der Waals surface area contributed by atoms with Gasteiger partial charge < -0.3 is 5.11 Å². The standard InChI is InChI=1S/C14H19N3O/c1-10-5-7-11(8-6-10)17-13(14(2,3)4)12(9-18)15-16-17/h5-8,18H,9H2,1-4H3. The number of hydrogen-bond acceptors (Lipinski definition) is 3. The van der Waals surface area contributed by atoms with Crippen LogP contribution in [-0.2, 0) is 12.0 Å². The summed E-state index contributed by atoms with van der Waals surface area (Å²) >= 11 is 0. The molecule has 0 aliphatic carbocycles. The van der Waals surface area contributed by atoms with E-state index >= 15 is 0 Å². The van der Waals surface area contributed by atoms with Crippen molar-refractivity contribution in [2.45, 2.75) is 39.7 Å². The first-order valence-electron chi connectivity index (χ1n) is 6.06. The lowest BCUT2D eigenvalue weighted by molar-refractivity contribution is 0.273. The van der Waals surface area contributed by atoms with E-state index in [1.54, 1.807) is 0 Å². The number of nitrogens with zero attached hydrogens (tertiary/aromatic N) is 3. The Kier molecular flexibility index (Phi) is 3.22. The second-order valence-electron chi connectivity index (χ2n) is 5.54. The maximum Gasteiger partial charge on any atom is 0.112 e. The van der Waals surface area contributed by atoms with Gasteiger partial charge >= 0.3 is 0 Å². The summed E-state index contributed by atoms with van der Waals surface area (Å²) in [5.41, 5.74) is 3.65. The molecule has 0 aliphatic heterocycles. The molecule has 0 atom stereocenters. The van der Waals surface area contributed by atoms with Gasteiger partial charge in [0, 0.05) is 5.41 Å². The number of benzene rings is 1. The average molecular weight is 245 g/mol. The molecule has 4 nitrogen and oxygen atoms in total. The van der Waals surface area contributed by atoms with Crippen LogP contribution in [-0.4, -0.2) is 20.1 Å². The van der Waals surface area contributed by atoms with Crippen LogP contribution in [0, 0.1) is 6.92 Å². The second kappa shape index (κ2) is 4.53. The van der Waals surface area contributed by atoms with Gasteiger partial charge in [-0.25, -0.2) is 4.68 Å². The predicted molar refractivity (Wildman–Crippen MR) is 70.7 cm³/mol. The van der Waals surface area contributed by atoms with Gasteiger partial charge in [0.25, 0.3) is 0 Å². The van der Waals surface area contributed by atoms with E-state index in [0.29, 0.717) is 5.69 Å². The first-order chi connectivity index (χ1) is 8.43. The van der Waals surface area contributed by atoms with E-state index in [9.17, 15) is 5.11 Å². The zero-order chi connectivity index (χ0) is 13.3. The van der Waals surface area contributed by atoms with Crippen molar-refractivity contribution in [1.82, 2.24) is 15.0 Å². The zero-order valence-electron chi connectivity index (χ0n) is 11.3. The molecule has 0 aliphatic rings. The molecule has 0 fully saturated rings. The molecule has 0 spiro atoms. The Morgan fingerprint density at radius 2 is 1.78 bits per heavy atom. The lowest BCUT2D eigenvalue weighted by Gasteiger charge is -2.20. The van der Waals surface area contributed by atoms with Crippen molar-refractivity contribution in [3.05, 3.63) is 41.2 Å². The quantitative estimate of drug-likeness (QED) is 0.883. The molecule has 0 amide bonds. The van der Waals surface area contributed by atoms with E-state index in [4.69, 9.17) is 0 Å². The third kappa shape index (κ3) is 2.29. The Morgan fingerprint density at radius 3 is 2.28 bits per heavy atom. The van der Waals surface area contributed by atoms with Crippen molar-refractivity contribution in [3.8, 4) is 5.69 Å². The molecule has 1 aromatic heterocycles. The van der Waals surface area contributed by atoms with E-state index in [1.165, 1.54) is 5.56 Å². The highest BCUT2D eigenvalue weighted by molar-refractivity contribution is 5.37. The molecular weight excluding hydrogens is 226 g/mol. The summed E-state index contributed by atoms with van der Waals surface area (Å²) < 4.78 is 1.81. The molecule has 1 heterocycles. The van der Waals surface area contributed by atoms with Crippen LogP contribution in [0.2, 0.25) is 0 Å². The van der Waals surface area contributed by atoms with Gasteiger partial charge in [0.05, 0.1) is 18.0 Å². The Balaban J connectivity index is 2.58. The SMILES string of the molecule is Cc1ccc(-n2nnc(CO)c2C(C)(C)C)cc1. The molecule has 1 aromatic carbocycles. The largest absolute Gasteiger partial charge is 0.390 e. The van der Waals surface area contributed by atoms with Crippen LogP contribution in [0.1, 0.15) is 37.7 Å². The first-order valence-corrected chi connectivity index (χ1v) is 6.06. The van der Waals surface area contributed by atoms with Gasteiger partial charge in [-0.05, 0) is 19.1 Å². The second-order valence-corrected chi connectivity index (χ2v) is 5.54. The van der Waals surface area contributed by atoms with Crippen molar-refractivity contribution in [3.63, 3.8) is 0 Å². The van der Waals surface area contributed by atoms with Gasteiger partial charge in [0.1, 0.15) is 5.69 Å². The van der Waals surface area contributed by atoms with Crippen LogP contribution in [0.4, 0.5) is 0 Å². The molecule has 4 heteroatoms. The minimum atomic E-state index is -0.119. The monoisotopic (exact) mass is 245 g/mol. The molecule has 0 radical (unpaired) electrons. The maximum atomic E-state index is 9.37. The summed E-state index contributed by atoms with van der Waals surface area (Å²) in [7, 11) is 0. The normalized spacial score (nSPS) is 11.8.